The monoisotopic (exact) mass is 281 g/mol. The Morgan fingerprint density at radius 3 is 2.80 bits per heavy atom. The van der Waals surface area contributed by atoms with Crippen LogP contribution in [0.3, 0.4) is 0 Å². The van der Waals surface area contributed by atoms with Crippen LogP contribution in [0, 0.1) is 5.82 Å². The van der Waals surface area contributed by atoms with Crippen molar-refractivity contribution in [3.8, 4) is 0 Å². The highest BCUT2D eigenvalue weighted by molar-refractivity contribution is 5.20. The average molecular weight is 281 g/mol. The topological polar surface area (TPSA) is 32.7 Å². The van der Waals surface area contributed by atoms with Gasteiger partial charge in [-0.2, -0.15) is 0 Å². The zero-order chi connectivity index (χ0) is 14.4. The first-order chi connectivity index (χ1) is 9.74. The van der Waals surface area contributed by atoms with Crippen molar-refractivity contribution >= 4 is 0 Å². The van der Waals surface area contributed by atoms with E-state index < -0.39 is 0 Å². The third-order valence-electron chi connectivity index (χ3n) is 3.94. The molecule has 1 saturated heterocycles. The van der Waals surface area contributed by atoms with Gasteiger partial charge in [0.15, 0.2) is 0 Å². The van der Waals surface area contributed by atoms with Crippen molar-refractivity contribution in [3.05, 3.63) is 35.6 Å². The van der Waals surface area contributed by atoms with Crippen molar-refractivity contribution in [3.63, 3.8) is 0 Å². The summed E-state index contributed by atoms with van der Waals surface area (Å²) in [5.41, 5.74) is 1.16. The molecule has 1 aliphatic heterocycles. The molecule has 0 amide bonds. The van der Waals surface area contributed by atoms with Gasteiger partial charge in [0.05, 0.1) is 19.3 Å². The Morgan fingerprint density at radius 2 is 2.15 bits per heavy atom. The van der Waals surface area contributed by atoms with Gasteiger partial charge in [-0.15, -0.1) is 0 Å². The van der Waals surface area contributed by atoms with Crippen LogP contribution in [0.4, 0.5) is 4.39 Å². The molecule has 2 rings (SSSR count). The minimum atomic E-state index is -0.189. The Balaban J connectivity index is 2.01. The second kappa shape index (κ2) is 7.72. The first kappa shape index (κ1) is 15.4. The molecule has 1 heterocycles. The van der Waals surface area contributed by atoms with Crippen LogP contribution in [0.1, 0.15) is 37.8 Å². The molecule has 1 fully saturated rings. The number of halogens is 1. The maximum absolute atomic E-state index is 13.0. The van der Waals surface area contributed by atoms with Crippen LogP contribution < -0.4 is 0 Å². The minimum absolute atomic E-state index is 0.0751. The number of benzene rings is 1. The average Bonchev–Trinajstić information content (AvgIpc) is 2.48. The fourth-order valence-corrected chi connectivity index (χ4v) is 2.99. The molecular formula is C16H24FNO2. The third kappa shape index (κ3) is 4.01. The molecule has 0 aliphatic carbocycles. The van der Waals surface area contributed by atoms with Gasteiger partial charge < -0.3 is 9.84 Å². The lowest BCUT2D eigenvalue weighted by molar-refractivity contribution is -0.0255. The molecule has 0 aromatic heterocycles. The summed E-state index contributed by atoms with van der Waals surface area (Å²) in [4.78, 5) is 2.42. The molecule has 1 aromatic rings. The van der Waals surface area contributed by atoms with Gasteiger partial charge in [-0.25, -0.2) is 4.39 Å². The number of likely N-dealkylation sites (tertiary alicyclic amines) is 1. The molecule has 0 radical (unpaired) electrons. The number of ether oxygens (including phenoxy) is 1. The lowest BCUT2D eigenvalue weighted by Crippen LogP contribution is -2.42. The van der Waals surface area contributed by atoms with E-state index in [1.807, 2.05) is 12.1 Å². The summed E-state index contributed by atoms with van der Waals surface area (Å²) in [6, 6.07) is 7.13. The zero-order valence-corrected chi connectivity index (χ0v) is 12.1. The molecule has 0 saturated carbocycles. The maximum Gasteiger partial charge on any atom is 0.123 e. The van der Waals surface area contributed by atoms with E-state index in [9.17, 15) is 4.39 Å². The van der Waals surface area contributed by atoms with Gasteiger partial charge in [-0.05, 0) is 43.5 Å². The number of hydrogen-bond acceptors (Lipinski definition) is 3. The SMILES string of the molecule is CC[C@@H](c1ccc(F)cc1)N1CCC[C@H](OCCO)C1. The van der Waals surface area contributed by atoms with Crippen molar-refractivity contribution in [2.24, 2.45) is 0 Å². The molecular weight excluding hydrogens is 257 g/mol. The summed E-state index contributed by atoms with van der Waals surface area (Å²) in [6.07, 6.45) is 3.35. The largest absolute Gasteiger partial charge is 0.394 e. The summed E-state index contributed by atoms with van der Waals surface area (Å²) in [6.45, 7) is 4.58. The molecule has 4 heteroatoms. The highest BCUT2D eigenvalue weighted by atomic mass is 19.1. The van der Waals surface area contributed by atoms with Crippen LogP contribution in [0.25, 0.3) is 0 Å². The van der Waals surface area contributed by atoms with Gasteiger partial charge in [0.2, 0.25) is 0 Å². The number of aliphatic hydroxyl groups is 1. The van der Waals surface area contributed by atoms with Crippen LogP contribution in [0.15, 0.2) is 24.3 Å². The Morgan fingerprint density at radius 1 is 1.40 bits per heavy atom. The molecule has 1 aromatic carbocycles. The first-order valence-corrected chi connectivity index (χ1v) is 7.46. The van der Waals surface area contributed by atoms with Gasteiger partial charge >= 0.3 is 0 Å². The molecule has 20 heavy (non-hydrogen) atoms. The number of rotatable bonds is 6. The quantitative estimate of drug-likeness (QED) is 0.870. The summed E-state index contributed by atoms with van der Waals surface area (Å²) in [5.74, 6) is -0.189. The van der Waals surface area contributed by atoms with Crippen molar-refractivity contribution in [2.75, 3.05) is 26.3 Å². The summed E-state index contributed by atoms with van der Waals surface area (Å²) in [7, 11) is 0. The van der Waals surface area contributed by atoms with E-state index in [4.69, 9.17) is 9.84 Å². The van der Waals surface area contributed by atoms with Crippen LogP contribution in [0.5, 0.6) is 0 Å². The lowest BCUT2D eigenvalue weighted by Gasteiger charge is -2.38. The van der Waals surface area contributed by atoms with Gasteiger partial charge in [0, 0.05) is 12.6 Å². The third-order valence-corrected chi connectivity index (χ3v) is 3.94. The summed E-state index contributed by atoms with van der Waals surface area (Å²) in [5, 5.41) is 8.85. The van der Waals surface area contributed by atoms with E-state index in [-0.39, 0.29) is 18.5 Å². The molecule has 1 N–H and O–H groups in total. The lowest BCUT2D eigenvalue weighted by atomic mass is 9.98. The smallest absolute Gasteiger partial charge is 0.123 e. The predicted molar refractivity (Wildman–Crippen MR) is 77.1 cm³/mol. The van der Waals surface area contributed by atoms with Crippen molar-refractivity contribution in [1.82, 2.24) is 4.90 Å². The fraction of sp³-hybridized carbons (Fsp3) is 0.625. The van der Waals surface area contributed by atoms with Crippen LogP contribution in [-0.4, -0.2) is 42.4 Å². The fourth-order valence-electron chi connectivity index (χ4n) is 2.99. The highest BCUT2D eigenvalue weighted by Crippen LogP contribution is 2.28. The first-order valence-electron chi connectivity index (χ1n) is 7.46. The van der Waals surface area contributed by atoms with Crippen molar-refractivity contribution in [1.29, 1.82) is 0 Å². The van der Waals surface area contributed by atoms with Crippen LogP contribution in [-0.2, 0) is 4.74 Å². The second-order valence-corrected chi connectivity index (χ2v) is 5.33. The number of aliphatic hydroxyl groups excluding tert-OH is 1. The molecule has 0 spiro atoms. The van der Waals surface area contributed by atoms with E-state index >= 15 is 0 Å². The normalized spacial score (nSPS) is 21.9. The van der Waals surface area contributed by atoms with Crippen LogP contribution in [0.2, 0.25) is 0 Å². The molecule has 0 unspecified atom stereocenters. The summed E-state index contributed by atoms with van der Waals surface area (Å²) >= 11 is 0. The van der Waals surface area contributed by atoms with Gasteiger partial charge in [-0.1, -0.05) is 19.1 Å². The van der Waals surface area contributed by atoms with Gasteiger partial charge in [0.25, 0.3) is 0 Å². The number of hydrogen-bond donors (Lipinski definition) is 1. The Labute approximate surface area is 120 Å². The molecule has 2 atom stereocenters. The van der Waals surface area contributed by atoms with E-state index in [1.54, 1.807) is 0 Å². The van der Waals surface area contributed by atoms with Crippen LogP contribution >= 0.6 is 0 Å². The van der Waals surface area contributed by atoms with E-state index in [0.717, 1.165) is 37.9 Å². The number of nitrogens with zero attached hydrogens (tertiary/aromatic N) is 1. The second-order valence-electron chi connectivity index (χ2n) is 5.33. The highest BCUT2D eigenvalue weighted by Gasteiger charge is 2.26. The zero-order valence-electron chi connectivity index (χ0n) is 12.1. The van der Waals surface area contributed by atoms with Crippen molar-refractivity contribution in [2.45, 2.75) is 38.3 Å². The van der Waals surface area contributed by atoms with Gasteiger partial charge in [-0.3, -0.25) is 4.90 Å². The molecule has 1 aliphatic rings. The Bertz CT molecular complexity index is 396. The van der Waals surface area contributed by atoms with Gasteiger partial charge in [0.1, 0.15) is 5.82 Å². The number of piperidine rings is 1. The van der Waals surface area contributed by atoms with E-state index in [1.165, 1.54) is 12.1 Å². The van der Waals surface area contributed by atoms with E-state index in [0.29, 0.717) is 12.6 Å². The predicted octanol–water partition coefficient (Wildman–Crippen LogP) is 2.75. The Kier molecular flexibility index (Phi) is 5.95. The Hall–Kier alpha value is -0.970. The summed E-state index contributed by atoms with van der Waals surface area (Å²) < 4.78 is 18.7. The van der Waals surface area contributed by atoms with Crippen molar-refractivity contribution < 1.29 is 14.2 Å². The molecule has 0 bridgehead atoms. The maximum atomic E-state index is 13.0. The molecule has 3 nitrogen and oxygen atoms in total. The standard InChI is InChI=1S/C16H24FNO2/c1-2-16(13-5-7-14(17)8-6-13)18-9-3-4-15(12-18)20-11-10-19/h5-8,15-16,19H,2-4,9-12H2,1H3/t15-,16-/m0/s1. The minimum Gasteiger partial charge on any atom is -0.394 e. The molecule has 112 valence electrons. The van der Waals surface area contributed by atoms with E-state index in [2.05, 4.69) is 11.8 Å².